The number of rotatable bonds is 7. The first-order valence-electron chi connectivity index (χ1n) is 13.3. The number of piperidine rings is 1. The highest BCUT2D eigenvalue weighted by Crippen LogP contribution is 2.34. The molecule has 1 aliphatic carbocycles. The van der Waals surface area contributed by atoms with Crippen molar-refractivity contribution in [2.45, 2.75) is 64.8 Å². The van der Waals surface area contributed by atoms with Crippen LogP contribution in [0.15, 0.2) is 36.7 Å². The molecular weight excluding hydrogens is 438 g/mol. The van der Waals surface area contributed by atoms with Crippen molar-refractivity contribution in [3.8, 4) is 0 Å². The number of para-hydroxylation sites is 1. The standard InChI is InChI=1S/C27H37N7O/c1-3-32(4-2)26(35)20-12-11-17-33(18-20)27-30-24(29-21-13-7-5-8-14-21)23-25(31-27)34(19-28-23)22-15-9-6-10-16-22/h5,7-8,13-14,19-20,22H,3-4,6,9-12,15-18H2,1-2H3,(H,29,30,31). The Bertz CT molecular complexity index is 1140. The van der Waals surface area contributed by atoms with Gasteiger partial charge in [-0.05, 0) is 51.7 Å². The molecule has 3 aromatic rings. The van der Waals surface area contributed by atoms with Crippen LogP contribution in [0.5, 0.6) is 0 Å². The predicted molar refractivity (Wildman–Crippen MR) is 140 cm³/mol. The van der Waals surface area contributed by atoms with E-state index in [4.69, 9.17) is 15.0 Å². The van der Waals surface area contributed by atoms with E-state index in [2.05, 4.69) is 14.8 Å². The van der Waals surface area contributed by atoms with E-state index < -0.39 is 0 Å². The quantitative estimate of drug-likeness (QED) is 0.508. The molecule has 1 atom stereocenters. The van der Waals surface area contributed by atoms with Gasteiger partial charge in [0.1, 0.15) is 0 Å². The van der Waals surface area contributed by atoms with Crippen molar-refractivity contribution in [2.24, 2.45) is 5.92 Å². The van der Waals surface area contributed by atoms with Gasteiger partial charge in [-0.3, -0.25) is 4.79 Å². The van der Waals surface area contributed by atoms with Crippen LogP contribution in [-0.4, -0.2) is 56.5 Å². The van der Waals surface area contributed by atoms with Gasteiger partial charge in [0.15, 0.2) is 17.0 Å². The monoisotopic (exact) mass is 475 g/mol. The van der Waals surface area contributed by atoms with E-state index in [1.54, 1.807) is 0 Å². The third-order valence-electron chi connectivity index (χ3n) is 7.54. The molecule has 5 rings (SSSR count). The Kier molecular flexibility index (Phi) is 7.16. The van der Waals surface area contributed by atoms with Crippen LogP contribution in [0.2, 0.25) is 0 Å². The van der Waals surface area contributed by atoms with Crippen LogP contribution in [0.1, 0.15) is 64.8 Å². The average Bonchev–Trinajstić information content (AvgIpc) is 3.35. The number of benzene rings is 1. The van der Waals surface area contributed by atoms with E-state index in [0.717, 1.165) is 68.0 Å². The van der Waals surface area contributed by atoms with Crippen LogP contribution in [0.25, 0.3) is 11.2 Å². The Morgan fingerprint density at radius 1 is 1.03 bits per heavy atom. The zero-order valence-electron chi connectivity index (χ0n) is 21.0. The highest BCUT2D eigenvalue weighted by Gasteiger charge is 2.30. The number of carbonyl (C=O) groups excluding carboxylic acids is 1. The summed E-state index contributed by atoms with van der Waals surface area (Å²) in [5.74, 6) is 1.64. The molecule has 1 unspecified atom stereocenters. The normalized spacial score (nSPS) is 19.1. The maximum Gasteiger partial charge on any atom is 0.229 e. The summed E-state index contributed by atoms with van der Waals surface area (Å²) in [7, 11) is 0. The lowest BCUT2D eigenvalue weighted by Gasteiger charge is -2.34. The van der Waals surface area contributed by atoms with Gasteiger partial charge < -0.3 is 19.7 Å². The minimum absolute atomic E-state index is 0.0169. The van der Waals surface area contributed by atoms with Gasteiger partial charge in [-0.15, -0.1) is 0 Å². The van der Waals surface area contributed by atoms with Crippen LogP contribution >= 0.6 is 0 Å². The Morgan fingerprint density at radius 2 is 1.80 bits per heavy atom. The summed E-state index contributed by atoms with van der Waals surface area (Å²) in [4.78, 5) is 32.0. The SMILES string of the molecule is CCN(CC)C(=O)C1CCCN(c2nc(Nc3ccccc3)c3ncn(C4CCCCC4)c3n2)C1. The molecule has 0 bridgehead atoms. The van der Waals surface area contributed by atoms with Crippen LogP contribution in [0.4, 0.5) is 17.5 Å². The number of anilines is 3. The van der Waals surface area contributed by atoms with Gasteiger partial charge in [-0.1, -0.05) is 37.5 Å². The number of nitrogens with one attached hydrogen (secondary N) is 1. The third-order valence-corrected chi connectivity index (χ3v) is 7.54. The molecule has 0 spiro atoms. The molecule has 1 saturated carbocycles. The van der Waals surface area contributed by atoms with E-state index in [1.165, 1.54) is 19.3 Å². The first-order chi connectivity index (χ1) is 17.2. The summed E-state index contributed by atoms with van der Waals surface area (Å²) in [6, 6.07) is 10.5. The van der Waals surface area contributed by atoms with E-state index in [9.17, 15) is 4.79 Å². The zero-order chi connectivity index (χ0) is 24.2. The second kappa shape index (κ2) is 10.6. The Morgan fingerprint density at radius 3 is 2.54 bits per heavy atom. The van der Waals surface area contributed by atoms with Crippen molar-refractivity contribution >= 4 is 34.5 Å². The number of carbonyl (C=O) groups is 1. The largest absolute Gasteiger partial charge is 0.343 e. The summed E-state index contributed by atoms with van der Waals surface area (Å²) in [5, 5.41) is 3.48. The molecule has 1 aromatic carbocycles. The van der Waals surface area contributed by atoms with Gasteiger partial charge in [0.2, 0.25) is 11.9 Å². The Hall–Kier alpha value is -3.16. The third kappa shape index (κ3) is 4.97. The van der Waals surface area contributed by atoms with E-state index in [0.29, 0.717) is 18.5 Å². The molecule has 2 aromatic heterocycles. The maximum absolute atomic E-state index is 13.1. The number of nitrogens with zero attached hydrogens (tertiary/aromatic N) is 6. The van der Waals surface area contributed by atoms with Gasteiger partial charge in [0.05, 0.1) is 12.2 Å². The van der Waals surface area contributed by atoms with Crippen LogP contribution in [0.3, 0.4) is 0 Å². The zero-order valence-corrected chi connectivity index (χ0v) is 21.0. The minimum atomic E-state index is -0.0169. The van der Waals surface area contributed by atoms with Crippen LogP contribution in [0, 0.1) is 5.92 Å². The molecule has 0 radical (unpaired) electrons. The lowest BCUT2D eigenvalue weighted by molar-refractivity contribution is -0.135. The van der Waals surface area contributed by atoms with Gasteiger partial charge in [-0.2, -0.15) is 9.97 Å². The van der Waals surface area contributed by atoms with Crippen LogP contribution < -0.4 is 10.2 Å². The van der Waals surface area contributed by atoms with Crippen molar-refractivity contribution in [3.63, 3.8) is 0 Å². The maximum atomic E-state index is 13.1. The molecule has 1 N–H and O–H groups in total. The lowest BCUT2D eigenvalue weighted by Crippen LogP contribution is -2.45. The number of fused-ring (bicyclic) bond motifs is 1. The summed E-state index contributed by atoms with van der Waals surface area (Å²) < 4.78 is 2.26. The fraction of sp³-hybridized carbons (Fsp3) is 0.556. The van der Waals surface area contributed by atoms with Crippen molar-refractivity contribution < 1.29 is 4.79 Å². The molecular formula is C27H37N7O. The summed E-state index contributed by atoms with van der Waals surface area (Å²) >= 11 is 0. The average molecular weight is 476 g/mol. The first kappa shape index (κ1) is 23.6. The second-order valence-corrected chi connectivity index (χ2v) is 9.77. The van der Waals surface area contributed by atoms with Gasteiger partial charge in [0.25, 0.3) is 0 Å². The first-order valence-corrected chi connectivity index (χ1v) is 13.3. The number of imidazole rings is 1. The van der Waals surface area contributed by atoms with E-state index >= 15 is 0 Å². The predicted octanol–water partition coefficient (Wildman–Crippen LogP) is 5.16. The smallest absolute Gasteiger partial charge is 0.229 e. The molecule has 2 fully saturated rings. The van der Waals surface area contributed by atoms with Crippen molar-refractivity contribution in [1.29, 1.82) is 0 Å². The molecule has 8 nitrogen and oxygen atoms in total. The molecule has 8 heteroatoms. The second-order valence-electron chi connectivity index (χ2n) is 9.77. The molecule has 1 aliphatic heterocycles. The van der Waals surface area contributed by atoms with E-state index in [1.807, 2.05) is 55.4 Å². The van der Waals surface area contributed by atoms with Gasteiger partial charge in [-0.25, -0.2) is 4.98 Å². The molecule has 1 amide bonds. The number of aromatic nitrogens is 4. The summed E-state index contributed by atoms with van der Waals surface area (Å²) in [6.45, 7) is 7.11. The molecule has 3 heterocycles. The Labute approximate surface area is 207 Å². The van der Waals surface area contributed by atoms with Gasteiger partial charge >= 0.3 is 0 Å². The molecule has 2 aliphatic rings. The minimum Gasteiger partial charge on any atom is -0.343 e. The lowest BCUT2D eigenvalue weighted by atomic mass is 9.95. The molecule has 1 saturated heterocycles. The van der Waals surface area contributed by atoms with Crippen molar-refractivity contribution in [1.82, 2.24) is 24.4 Å². The topological polar surface area (TPSA) is 79.2 Å². The highest BCUT2D eigenvalue weighted by molar-refractivity contribution is 5.87. The fourth-order valence-electron chi connectivity index (χ4n) is 5.57. The number of hydrogen-bond acceptors (Lipinski definition) is 6. The van der Waals surface area contributed by atoms with Crippen molar-refractivity contribution in [3.05, 3.63) is 36.7 Å². The summed E-state index contributed by atoms with van der Waals surface area (Å²) in [6.07, 6.45) is 9.95. The highest BCUT2D eigenvalue weighted by atomic mass is 16.2. The van der Waals surface area contributed by atoms with Crippen molar-refractivity contribution in [2.75, 3.05) is 36.4 Å². The molecule has 186 valence electrons. The van der Waals surface area contributed by atoms with Gasteiger partial charge in [0, 0.05) is 37.9 Å². The fourth-order valence-corrected chi connectivity index (χ4v) is 5.57. The van der Waals surface area contributed by atoms with E-state index in [-0.39, 0.29) is 11.8 Å². The number of hydrogen-bond donors (Lipinski definition) is 1. The molecule has 35 heavy (non-hydrogen) atoms. The summed E-state index contributed by atoms with van der Waals surface area (Å²) in [5.41, 5.74) is 2.66. The Balaban J connectivity index is 1.51. The number of amides is 1. The van der Waals surface area contributed by atoms with Crippen LogP contribution in [-0.2, 0) is 4.79 Å².